The van der Waals surface area contributed by atoms with Crippen LogP contribution in [0.5, 0.6) is 11.5 Å². The number of likely N-dealkylation sites (N-methyl/N-ethyl adjacent to an activating group) is 1. The molecule has 0 aromatic heterocycles. The van der Waals surface area contributed by atoms with Crippen molar-refractivity contribution in [2.45, 2.75) is 13.8 Å². The zero-order valence-electron chi connectivity index (χ0n) is 19.3. The van der Waals surface area contributed by atoms with Crippen LogP contribution in [0, 0.1) is 0 Å². The fraction of sp³-hybridized carbons (Fsp3) is 0.111. The van der Waals surface area contributed by atoms with Gasteiger partial charge in [-0.3, -0.25) is 19.3 Å². The summed E-state index contributed by atoms with van der Waals surface area (Å²) in [5.41, 5.74) is 3.54. The minimum atomic E-state index is -0.554. The molecule has 1 aliphatic heterocycles. The van der Waals surface area contributed by atoms with Crippen LogP contribution in [0.4, 0.5) is 5.69 Å². The Labute approximate surface area is 207 Å². The molecule has 1 amide bonds. The van der Waals surface area contributed by atoms with E-state index in [1.807, 2.05) is 54.6 Å². The Balaban J connectivity index is 1.57. The fourth-order valence-corrected chi connectivity index (χ4v) is 4.35. The molecule has 0 N–H and O–H groups in total. The van der Waals surface area contributed by atoms with E-state index in [2.05, 4.69) is 4.99 Å². The van der Waals surface area contributed by atoms with Gasteiger partial charge in [0.15, 0.2) is 16.7 Å². The smallest absolute Gasteiger partial charge is 0.308 e. The van der Waals surface area contributed by atoms with Crippen LogP contribution in [0.1, 0.15) is 19.4 Å². The molecule has 7 nitrogen and oxygen atoms in total. The van der Waals surface area contributed by atoms with Gasteiger partial charge in [-0.25, -0.2) is 4.99 Å². The highest BCUT2D eigenvalue weighted by molar-refractivity contribution is 8.18. The first kappa shape index (κ1) is 24.0. The van der Waals surface area contributed by atoms with Gasteiger partial charge in [0.2, 0.25) is 0 Å². The molecule has 1 fully saturated rings. The van der Waals surface area contributed by atoms with E-state index < -0.39 is 11.9 Å². The lowest BCUT2D eigenvalue weighted by Gasteiger charge is -2.09. The largest absolute Gasteiger partial charge is 0.423 e. The van der Waals surface area contributed by atoms with Crippen molar-refractivity contribution in [3.63, 3.8) is 0 Å². The van der Waals surface area contributed by atoms with Crippen LogP contribution >= 0.6 is 11.8 Å². The third-order valence-corrected chi connectivity index (χ3v) is 6.04. The summed E-state index contributed by atoms with van der Waals surface area (Å²) in [7, 11) is 1.67. The van der Waals surface area contributed by atoms with E-state index in [1.165, 1.54) is 42.6 Å². The minimum absolute atomic E-state index is 0.0956. The average Bonchev–Trinajstić information content (AvgIpc) is 3.09. The molecule has 0 radical (unpaired) electrons. The van der Waals surface area contributed by atoms with Crippen molar-refractivity contribution in [2.75, 3.05) is 7.05 Å². The minimum Gasteiger partial charge on any atom is -0.423 e. The summed E-state index contributed by atoms with van der Waals surface area (Å²) >= 11 is 1.25. The van der Waals surface area contributed by atoms with Gasteiger partial charge in [0.1, 0.15) is 0 Å². The third-order valence-electron chi connectivity index (χ3n) is 4.98. The molecule has 0 bridgehead atoms. The van der Waals surface area contributed by atoms with Crippen molar-refractivity contribution < 1.29 is 23.9 Å². The predicted molar refractivity (Wildman–Crippen MR) is 136 cm³/mol. The van der Waals surface area contributed by atoms with E-state index in [4.69, 9.17) is 9.47 Å². The van der Waals surface area contributed by atoms with Gasteiger partial charge in [-0.15, -0.1) is 0 Å². The molecule has 0 saturated carbocycles. The monoisotopic (exact) mass is 486 g/mol. The van der Waals surface area contributed by atoms with Gasteiger partial charge in [0, 0.05) is 20.9 Å². The Kier molecular flexibility index (Phi) is 7.12. The molecule has 176 valence electrons. The van der Waals surface area contributed by atoms with Crippen LogP contribution < -0.4 is 9.47 Å². The number of hydrogen-bond donors (Lipinski definition) is 0. The number of carbonyl (C=O) groups excluding carboxylic acids is 3. The highest BCUT2D eigenvalue weighted by Gasteiger charge is 2.30. The number of benzene rings is 3. The summed E-state index contributed by atoms with van der Waals surface area (Å²) in [6.45, 7) is 2.51. The normalized spacial score (nSPS) is 15.5. The second-order valence-corrected chi connectivity index (χ2v) is 8.68. The highest BCUT2D eigenvalue weighted by Crippen LogP contribution is 2.35. The number of hydrogen-bond acceptors (Lipinski definition) is 7. The van der Waals surface area contributed by atoms with Gasteiger partial charge in [-0.2, -0.15) is 0 Å². The molecule has 4 rings (SSSR count). The van der Waals surface area contributed by atoms with Crippen molar-refractivity contribution in [1.82, 2.24) is 4.90 Å². The molecule has 0 atom stereocenters. The Morgan fingerprint density at radius 2 is 1.49 bits per heavy atom. The van der Waals surface area contributed by atoms with Gasteiger partial charge in [-0.05, 0) is 58.8 Å². The maximum atomic E-state index is 12.8. The number of thioether (sulfide) groups is 1. The lowest BCUT2D eigenvalue weighted by Crippen LogP contribution is -2.23. The SMILES string of the molecule is CC(=O)Oc1ccc(/C=C2\SC(=Nc3ccc(-c4ccccc4)cc3)N(C)C2=O)cc1OC(C)=O. The van der Waals surface area contributed by atoms with Crippen LogP contribution in [0.15, 0.2) is 82.7 Å². The Morgan fingerprint density at radius 3 is 2.14 bits per heavy atom. The lowest BCUT2D eigenvalue weighted by atomic mass is 10.1. The van der Waals surface area contributed by atoms with Crippen molar-refractivity contribution in [2.24, 2.45) is 4.99 Å². The Morgan fingerprint density at radius 1 is 0.857 bits per heavy atom. The zero-order valence-corrected chi connectivity index (χ0v) is 20.2. The molecule has 8 heteroatoms. The Bertz CT molecular complexity index is 1350. The molecule has 0 unspecified atom stereocenters. The quantitative estimate of drug-likeness (QED) is 0.271. The van der Waals surface area contributed by atoms with Crippen molar-refractivity contribution >= 4 is 46.5 Å². The van der Waals surface area contributed by atoms with Gasteiger partial charge in [-0.1, -0.05) is 48.5 Å². The molecule has 1 heterocycles. The number of esters is 2. The van der Waals surface area contributed by atoms with Crippen molar-refractivity contribution in [3.8, 4) is 22.6 Å². The molecule has 3 aromatic carbocycles. The van der Waals surface area contributed by atoms with Crippen LogP contribution in [-0.2, 0) is 14.4 Å². The fourth-order valence-electron chi connectivity index (χ4n) is 3.36. The topological polar surface area (TPSA) is 85.3 Å². The number of nitrogens with zero attached hydrogens (tertiary/aromatic N) is 2. The van der Waals surface area contributed by atoms with Crippen LogP contribution in [0.25, 0.3) is 17.2 Å². The van der Waals surface area contributed by atoms with E-state index in [-0.39, 0.29) is 17.4 Å². The first-order valence-corrected chi connectivity index (χ1v) is 11.5. The van der Waals surface area contributed by atoms with Crippen molar-refractivity contribution in [1.29, 1.82) is 0 Å². The lowest BCUT2D eigenvalue weighted by molar-refractivity contribution is -0.134. The highest BCUT2D eigenvalue weighted by atomic mass is 32.2. The summed E-state index contributed by atoms with van der Waals surface area (Å²) in [5.74, 6) is -1.07. The molecule has 3 aromatic rings. The maximum Gasteiger partial charge on any atom is 0.308 e. The van der Waals surface area contributed by atoms with E-state index >= 15 is 0 Å². The average molecular weight is 487 g/mol. The van der Waals surface area contributed by atoms with E-state index in [0.29, 0.717) is 15.6 Å². The number of amides is 1. The summed E-state index contributed by atoms with van der Waals surface area (Å²) in [6.07, 6.45) is 1.68. The maximum absolute atomic E-state index is 12.8. The van der Waals surface area contributed by atoms with E-state index in [9.17, 15) is 14.4 Å². The number of amidine groups is 1. The van der Waals surface area contributed by atoms with Gasteiger partial charge >= 0.3 is 11.9 Å². The second kappa shape index (κ2) is 10.4. The number of carbonyl (C=O) groups is 3. The Hall–Kier alpha value is -4.17. The molecular weight excluding hydrogens is 464 g/mol. The van der Waals surface area contributed by atoms with Crippen molar-refractivity contribution in [3.05, 3.63) is 83.3 Å². The third kappa shape index (κ3) is 5.85. The zero-order chi connectivity index (χ0) is 24.9. The van der Waals surface area contributed by atoms with Gasteiger partial charge < -0.3 is 9.47 Å². The summed E-state index contributed by atoms with van der Waals surface area (Å²) in [5, 5.41) is 0.547. The van der Waals surface area contributed by atoms with Crippen LogP contribution in [-0.4, -0.2) is 35.0 Å². The summed E-state index contributed by atoms with van der Waals surface area (Å²) in [4.78, 5) is 42.2. The molecule has 1 aliphatic rings. The van der Waals surface area contributed by atoms with Gasteiger partial charge in [0.05, 0.1) is 10.6 Å². The first-order valence-electron chi connectivity index (χ1n) is 10.7. The number of aliphatic imine (C=N–C) groups is 1. The molecule has 35 heavy (non-hydrogen) atoms. The number of rotatable bonds is 5. The molecular formula is C27H22N2O5S. The summed E-state index contributed by atoms with van der Waals surface area (Å²) < 4.78 is 10.3. The number of ether oxygens (including phenoxy) is 2. The first-order chi connectivity index (χ1) is 16.8. The summed E-state index contributed by atoms with van der Waals surface area (Å²) in [6, 6.07) is 22.6. The van der Waals surface area contributed by atoms with E-state index in [1.54, 1.807) is 19.2 Å². The van der Waals surface area contributed by atoms with Gasteiger partial charge in [0.25, 0.3) is 5.91 Å². The van der Waals surface area contributed by atoms with Crippen LogP contribution in [0.2, 0.25) is 0 Å². The molecule has 1 saturated heterocycles. The standard InChI is InChI=1S/C27H22N2O5S/c1-17(30)33-23-14-9-19(15-24(23)34-18(2)31)16-25-26(32)29(3)27(35-25)28-22-12-10-21(11-13-22)20-7-5-4-6-8-20/h4-16H,1-3H3/b25-16-,28-27?. The predicted octanol–water partition coefficient (Wildman–Crippen LogP) is 5.44. The molecule has 0 aliphatic carbocycles. The van der Waals surface area contributed by atoms with E-state index in [0.717, 1.165) is 16.8 Å². The molecule has 0 spiro atoms. The second-order valence-electron chi connectivity index (χ2n) is 7.68. The van der Waals surface area contributed by atoms with Crippen LogP contribution in [0.3, 0.4) is 0 Å².